The van der Waals surface area contributed by atoms with E-state index >= 15 is 0 Å². The highest BCUT2D eigenvalue weighted by atomic mass is 16.5. The monoisotopic (exact) mass is 553 g/mol. The Kier molecular flexibility index (Phi) is 5.82. The van der Waals surface area contributed by atoms with Crippen LogP contribution < -0.4 is 19.9 Å². The largest absolute Gasteiger partial charge is 0.454 e. The first kappa shape index (κ1) is 25.3. The fourth-order valence-corrected chi connectivity index (χ4v) is 5.97. The predicted octanol–water partition coefficient (Wildman–Crippen LogP) is 2.02. The van der Waals surface area contributed by atoms with Crippen LogP contribution in [0.4, 0.5) is 11.8 Å². The molecule has 5 heterocycles. The van der Waals surface area contributed by atoms with Gasteiger partial charge in [0.1, 0.15) is 22.6 Å². The summed E-state index contributed by atoms with van der Waals surface area (Å²) in [6, 6.07) is 9.85. The summed E-state index contributed by atoms with van der Waals surface area (Å²) in [7, 11) is 1.96. The Hall–Kier alpha value is -4.71. The Morgan fingerprint density at radius 2 is 1.88 bits per heavy atom. The number of aryl methyl sites for hydroxylation is 1. The quantitative estimate of drug-likeness (QED) is 0.358. The second kappa shape index (κ2) is 9.44. The zero-order chi connectivity index (χ0) is 28.3. The Balaban J connectivity index is 1.30. The van der Waals surface area contributed by atoms with Gasteiger partial charge in [-0.25, -0.2) is 4.98 Å². The lowest BCUT2D eigenvalue weighted by atomic mass is 9.89. The van der Waals surface area contributed by atoms with E-state index in [4.69, 9.17) is 14.7 Å². The number of fused-ring (bicyclic) bond motifs is 2. The van der Waals surface area contributed by atoms with Gasteiger partial charge in [0.25, 0.3) is 0 Å². The number of carbonyl (C=O) groups is 2. The van der Waals surface area contributed by atoms with E-state index in [1.165, 1.54) is 6.08 Å². The summed E-state index contributed by atoms with van der Waals surface area (Å²) in [5, 5.41) is 11.9. The average molecular weight is 554 g/mol. The molecule has 1 spiro atoms. The number of ether oxygens (including phenoxy) is 1. The molecule has 0 atom stereocenters. The number of aromatic nitrogens is 4. The van der Waals surface area contributed by atoms with E-state index in [1.807, 2.05) is 54.1 Å². The molecule has 3 aliphatic heterocycles. The van der Waals surface area contributed by atoms with Gasteiger partial charge in [-0.1, -0.05) is 18.7 Å². The molecule has 0 radical (unpaired) electrons. The molecule has 2 aromatic carbocycles. The molecule has 4 aromatic rings. The third kappa shape index (κ3) is 3.97. The highest BCUT2D eigenvalue weighted by molar-refractivity contribution is 5.96. The lowest BCUT2D eigenvalue weighted by Crippen LogP contribution is -2.71. The normalized spacial score (nSPS) is 18.7. The van der Waals surface area contributed by atoms with Crippen molar-refractivity contribution >= 4 is 45.4 Å². The van der Waals surface area contributed by atoms with Crippen LogP contribution in [-0.4, -0.2) is 100 Å². The van der Waals surface area contributed by atoms with Crippen LogP contribution in [-0.2, 0) is 9.59 Å². The Labute approximate surface area is 236 Å². The minimum absolute atomic E-state index is 0.0352. The Bertz CT molecular complexity index is 1700. The number of para-hydroxylation sites is 1. The van der Waals surface area contributed by atoms with E-state index in [9.17, 15) is 9.59 Å². The van der Waals surface area contributed by atoms with Gasteiger partial charge in [-0.2, -0.15) is 10.1 Å². The number of piperazine rings is 1. The summed E-state index contributed by atoms with van der Waals surface area (Å²) >= 11 is 0. The van der Waals surface area contributed by atoms with Crippen molar-refractivity contribution in [3.05, 3.63) is 54.7 Å². The van der Waals surface area contributed by atoms with Crippen LogP contribution in [0.2, 0.25) is 0 Å². The summed E-state index contributed by atoms with van der Waals surface area (Å²) in [5.74, 6) is 2.62. The smallest absolute Gasteiger partial charge is 0.246 e. The number of hydrogen-bond donors (Lipinski definition) is 2. The maximum Gasteiger partial charge on any atom is 0.246 e. The first-order chi connectivity index (χ1) is 19.9. The lowest BCUT2D eigenvalue weighted by Gasteiger charge is -2.49. The molecule has 0 unspecified atom stereocenters. The molecule has 210 valence electrons. The predicted molar refractivity (Wildman–Crippen MR) is 155 cm³/mol. The van der Waals surface area contributed by atoms with Crippen molar-refractivity contribution in [2.45, 2.75) is 12.5 Å². The number of anilines is 2. The van der Waals surface area contributed by atoms with Crippen molar-refractivity contribution in [2.24, 2.45) is 0 Å². The number of likely N-dealkylation sites (N-methyl/N-ethyl adjacent to an activating group) is 1. The van der Waals surface area contributed by atoms with Gasteiger partial charge in [0.05, 0.1) is 36.9 Å². The molecular formula is C29H31N9O3. The van der Waals surface area contributed by atoms with E-state index in [0.29, 0.717) is 68.9 Å². The van der Waals surface area contributed by atoms with Crippen molar-refractivity contribution in [1.29, 1.82) is 0 Å². The number of rotatable bonds is 5. The third-order valence-corrected chi connectivity index (χ3v) is 8.52. The van der Waals surface area contributed by atoms with Gasteiger partial charge in [-0.15, -0.1) is 0 Å². The molecular weight excluding hydrogens is 522 g/mol. The van der Waals surface area contributed by atoms with Crippen LogP contribution in [0, 0.1) is 6.92 Å². The second-order valence-electron chi connectivity index (χ2n) is 10.9. The summed E-state index contributed by atoms with van der Waals surface area (Å²) in [6.45, 7) is 9.54. The standard InChI is InChI=1S/C29H31N9O3/c1-4-23(39)36-10-12-37(13-11-36)26-19-6-5-7-22(41-25-18(2)8-9-21-20(25)14-31-34-21)24(19)32-28(33-26)38-15-29(16-38)27(40)30-17-35(29)3/h4-9,14H,1,10-13,15-17H2,2-3H3,(H,30,40)(H,31,34). The molecule has 41 heavy (non-hydrogen) atoms. The number of H-pyrrole nitrogens is 1. The minimum Gasteiger partial charge on any atom is -0.454 e. The van der Waals surface area contributed by atoms with Crippen molar-refractivity contribution in [3.8, 4) is 11.5 Å². The average Bonchev–Trinajstić information content (AvgIpc) is 3.57. The number of nitrogens with zero attached hydrogens (tertiary/aromatic N) is 7. The zero-order valence-corrected chi connectivity index (χ0v) is 23.1. The van der Waals surface area contributed by atoms with Gasteiger partial charge < -0.3 is 24.8 Å². The highest BCUT2D eigenvalue weighted by Crippen LogP contribution is 2.40. The van der Waals surface area contributed by atoms with E-state index < -0.39 is 5.54 Å². The summed E-state index contributed by atoms with van der Waals surface area (Å²) in [6.07, 6.45) is 3.12. The Morgan fingerprint density at radius 3 is 2.61 bits per heavy atom. The number of hydrogen-bond acceptors (Lipinski definition) is 9. The molecule has 2 aromatic heterocycles. The first-order valence-corrected chi connectivity index (χ1v) is 13.7. The minimum atomic E-state index is -0.570. The van der Waals surface area contributed by atoms with Crippen LogP contribution in [0.5, 0.6) is 11.5 Å². The summed E-state index contributed by atoms with van der Waals surface area (Å²) in [4.78, 5) is 43.0. The van der Waals surface area contributed by atoms with Gasteiger partial charge in [0, 0.05) is 31.6 Å². The molecule has 0 aliphatic carbocycles. The molecule has 12 heteroatoms. The fourth-order valence-electron chi connectivity index (χ4n) is 5.97. The summed E-state index contributed by atoms with van der Waals surface area (Å²) in [5.41, 5.74) is 1.98. The molecule has 2 amide bonds. The molecule has 0 saturated carbocycles. The molecule has 3 saturated heterocycles. The van der Waals surface area contributed by atoms with E-state index in [2.05, 4.69) is 27.0 Å². The van der Waals surface area contributed by atoms with Gasteiger partial charge in [0.15, 0.2) is 5.75 Å². The van der Waals surface area contributed by atoms with Crippen molar-refractivity contribution in [2.75, 3.05) is 62.8 Å². The topological polar surface area (TPSA) is 123 Å². The Morgan fingerprint density at radius 1 is 1.07 bits per heavy atom. The molecule has 2 N–H and O–H groups in total. The van der Waals surface area contributed by atoms with Crippen LogP contribution in [0.1, 0.15) is 5.56 Å². The number of aromatic amines is 1. The number of benzene rings is 2. The van der Waals surface area contributed by atoms with Crippen molar-refractivity contribution < 1.29 is 14.3 Å². The maximum atomic E-state index is 12.7. The number of nitrogens with one attached hydrogen (secondary N) is 2. The van der Waals surface area contributed by atoms with Crippen molar-refractivity contribution in [1.82, 2.24) is 35.3 Å². The van der Waals surface area contributed by atoms with Crippen LogP contribution in [0.15, 0.2) is 49.2 Å². The summed E-state index contributed by atoms with van der Waals surface area (Å²) < 4.78 is 6.59. The van der Waals surface area contributed by atoms with E-state index in [0.717, 1.165) is 27.7 Å². The van der Waals surface area contributed by atoms with Gasteiger partial charge in [-0.3, -0.25) is 19.6 Å². The number of carbonyl (C=O) groups excluding carboxylic acids is 2. The lowest BCUT2D eigenvalue weighted by molar-refractivity contribution is -0.127. The molecule has 3 fully saturated rings. The van der Waals surface area contributed by atoms with Crippen LogP contribution in [0.25, 0.3) is 21.8 Å². The number of amides is 2. The van der Waals surface area contributed by atoms with Gasteiger partial charge in [-0.05, 0) is 43.8 Å². The fraction of sp³-hybridized carbons (Fsp3) is 0.345. The first-order valence-electron chi connectivity index (χ1n) is 13.7. The van der Waals surface area contributed by atoms with Crippen molar-refractivity contribution in [3.63, 3.8) is 0 Å². The highest BCUT2D eigenvalue weighted by Gasteiger charge is 2.56. The van der Waals surface area contributed by atoms with E-state index in [1.54, 1.807) is 11.1 Å². The second-order valence-corrected chi connectivity index (χ2v) is 10.9. The molecule has 12 nitrogen and oxygen atoms in total. The van der Waals surface area contributed by atoms with Gasteiger partial charge >= 0.3 is 0 Å². The maximum absolute atomic E-state index is 12.7. The molecule has 3 aliphatic rings. The van der Waals surface area contributed by atoms with E-state index in [-0.39, 0.29) is 11.8 Å². The SMILES string of the molecule is C=CC(=O)N1CCN(c2nc(N3CC4(C3)C(=O)NCN4C)nc3c(Oc4c(C)ccc5[nH]ncc45)cccc23)CC1. The third-order valence-electron chi connectivity index (χ3n) is 8.52. The van der Waals surface area contributed by atoms with Crippen LogP contribution >= 0.6 is 0 Å². The zero-order valence-electron chi connectivity index (χ0n) is 23.1. The van der Waals surface area contributed by atoms with Crippen LogP contribution in [0.3, 0.4) is 0 Å². The molecule has 0 bridgehead atoms. The van der Waals surface area contributed by atoms with Gasteiger partial charge in [0.2, 0.25) is 17.8 Å². The molecule has 7 rings (SSSR count).